The molecule has 12 rings (SSSR count). The number of nitrogens with one attached hydrogen (secondary N) is 9. The number of nitrogens with zero attached hydrogens (tertiary/aromatic N) is 7. The van der Waals surface area contributed by atoms with Crippen LogP contribution in [0.4, 0.5) is 11.4 Å². The van der Waals surface area contributed by atoms with Crippen molar-refractivity contribution >= 4 is 86.6 Å². The van der Waals surface area contributed by atoms with E-state index in [0.29, 0.717) is 61.4 Å². The largest absolute Gasteiger partial charge is 0.381 e. The third-order valence-corrected chi connectivity index (χ3v) is 19.3. The molecule has 23 nitrogen and oxygen atoms in total. The molecule has 0 unspecified atom stereocenters. The molecule has 4 saturated heterocycles. The minimum absolute atomic E-state index is 0. The molecule has 25 heteroatoms. The highest BCUT2D eigenvalue weighted by Crippen LogP contribution is 2.35. The highest BCUT2D eigenvalue weighted by molar-refractivity contribution is 6.33. The Morgan fingerprint density at radius 3 is 1.37 bits per heavy atom. The second-order valence-corrected chi connectivity index (χ2v) is 26.5. The summed E-state index contributed by atoms with van der Waals surface area (Å²) in [5, 5.41) is 41.5. The Balaban J connectivity index is 0.000000218. The SMILES string of the molecule is C.C1CNCCN1.CCc1nc2c(cnn2CC)c(NC2CCOCC2)c1CNC(=O)CCC(=O)NCc1ccc(Cl)c(-c2cccc(C=O)c2)c1.CCc1nc2c(cnn2CC)c(NC2CCOCC2)c1CNC(=O)CCC(=O)NCc1ccc(Cl)c(-c2cccc(CN3CCNCC3)c2)c1. The number of hydrogen-bond acceptors (Lipinski definition) is 17. The summed E-state index contributed by atoms with van der Waals surface area (Å²) in [7, 11) is 0. The smallest absolute Gasteiger partial charge is 0.220 e. The number of ether oxygens (including phenoxy) is 2. The van der Waals surface area contributed by atoms with Gasteiger partial charge in [-0.25, -0.2) is 19.3 Å². The van der Waals surface area contributed by atoms with Gasteiger partial charge in [-0.2, -0.15) is 10.2 Å². The standard InChI is InChI=1S/C38H49ClN8O3.C34H39ClN6O4.C4H10N2.CH4/c1-3-34-31(37(44-29-12-18-50-19-13-29)32-24-43-47(4-2)38(32)45-34)23-42-36(49)11-10-35(48)41-22-26-8-9-33(39)30(21-26)28-7-5-6-27(20-28)25-46-16-14-40-15-17-46;1-3-30-27(33(39-25-12-14-45-15-13-25)28-20-38-41(4-2)34(28)40-30)19-37-32(44)11-10-31(43)36-18-22-8-9-29(35)26(17-22)24-7-5-6-23(16-24)21-42;1-2-6-4-3-5-1;/h5-9,20-21,24,29,40H,3-4,10-19,22-23,25H2,1-2H3,(H,41,48)(H,42,49)(H,44,45);5-9,16-17,20-21,25H,3-4,10-15,18-19H2,1-2H3,(H,36,43)(H,37,44)(H,39,40);5-6H,1-4H2;1H4. The number of halogens is 2. The molecule has 0 atom stereocenters. The molecule has 8 heterocycles. The summed E-state index contributed by atoms with van der Waals surface area (Å²) in [6.07, 6.45) is 9.84. The minimum Gasteiger partial charge on any atom is -0.381 e. The minimum atomic E-state index is -0.226. The van der Waals surface area contributed by atoms with Crippen LogP contribution in [0.3, 0.4) is 0 Å². The lowest BCUT2D eigenvalue weighted by atomic mass is 10.0. The van der Waals surface area contributed by atoms with Crippen LogP contribution in [0, 0.1) is 0 Å². The first-order valence-electron chi connectivity index (χ1n) is 35.9. The third kappa shape index (κ3) is 21.8. The van der Waals surface area contributed by atoms with Crippen LogP contribution in [-0.2, 0) is 87.3 Å². The number of fused-ring (bicyclic) bond motifs is 2. The number of aromatic nitrogens is 6. The molecule has 4 fully saturated rings. The van der Waals surface area contributed by atoms with Crippen molar-refractivity contribution in [1.29, 1.82) is 0 Å². The van der Waals surface area contributed by atoms with E-state index in [1.165, 1.54) is 5.56 Å². The number of carbonyl (C=O) groups excluding carboxylic acids is 5. The van der Waals surface area contributed by atoms with Crippen LogP contribution in [0.25, 0.3) is 44.3 Å². The topological polar surface area (TPSA) is 277 Å². The first kappa shape index (κ1) is 77.8. The van der Waals surface area contributed by atoms with E-state index in [1.54, 1.807) is 24.3 Å². The van der Waals surface area contributed by atoms with Gasteiger partial charge in [0.2, 0.25) is 23.6 Å². The highest BCUT2D eigenvalue weighted by Gasteiger charge is 2.25. The Morgan fingerprint density at radius 2 is 0.951 bits per heavy atom. The molecule has 0 radical (unpaired) electrons. The van der Waals surface area contributed by atoms with Gasteiger partial charge >= 0.3 is 0 Å². The number of hydrogen-bond donors (Lipinski definition) is 9. The van der Waals surface area contributed by atoms with Gasteiger partial charge in [-0.15, -0.1) is 0 Å². The number of pyridine rings is 2. The molecule has 4 aromatic carbocycles. The molecule has 0 aliphatic carbocycles. The predicted octanol–water partition coefficient (Wildman–Crippen LogP) is 10.3. The van der Waals surface area contributed by atoms with E-state index in [1.807, 2.05) is 65.1 Å². The van der Waals surface area contributed by atoms with Gasteiger partial charge in [-0.3, -0.25) is 28.9 Å². The number of aldehydes is 1. The maximum absolute atomic E-state index is 13.0. The lowest BCUT2D eigenvalue weighted by Gasteiger charge is -2.27. The van der Waals surface area contributed by atoms with Crippen LogP contribution in [-0.4, -0.2) is 155 Å². The first-order valence-corrected chi connectivity index (χ1v) is 36.6. The van der Waals surface area contributed by atoms with Crippen LogP contribution < -0.4 is 47.9 Å². The summed E-state index contributed by atoms with van der Waals surface area (Å²) in [5.41, 5.74) is 14.6. The van der Waals surface area contributed by atoms with Crippen molar-refractivity contribution in [2.75, 3.05) is 89.4 Å². The van der Waals surface area contributed by atoms with Gasteiger partial charge < -0.3 is 57.3 Å². The Morgan fingerprint density at radius 1 is 0.529 bits per heavy atom. The van der Waals surface area contributed by atoms with E-state index in [4.69, 9.17) is 42.6 Å². The molecule has 9 N–H and O–H groups in total. The Labute approximate surface area is 609 Å². The van der Waals surface area contributed by atoms with Crippen LogP contribution >= 0.6 is 23.2 Å². The molecule has 546 valence electrons. The second kappa shape index (κ2) is 39.9. The average molecular weight is 1430 g/mol. The van der Waals surface area contributed by atoms with Crippen molar-refractivity contribution in [2.45, 2.75) is 157 Å². The van der Waals surface area contributed by atoms with E-state index >= 15 is 0 Å². The molecule has 102 heavy (non-hydrogen) atoms. The second-order valence-electron chi connectivity index (χ2n) is 25.7. The van der Waals surface area contributed by atoms with Crippen LogP contribution in [0.15, 0.2) is 97.3 Å². The van der Waals surface area contributed by atoms with Gasteiger partial charge in [0.05, 0.1) is 34.5 Å². The lowest BCUT2D eigenvalue weighted by Crippen LogP contribution is -2.42. The van der Waals surface area contributed by atoms with Crippen molar-refractivity contribution in [2.24, 2.45) is 0 Å². The molecule has 8 aromatic rings. The number of rotatable bonds is 27. The Hall–Kier alpha value is -8.39. The zero-order valence-corrected chi connectivity index (χ0v) is 60.2. The van der Waals surface area contributed by atoms with E-state index in [-0.39, 0.29) is 75.4 Å². The van der Waals surface area contributed by atoms with Gasteiger partial charge in [0.25, 0.3) is 0 Å². The number of piperazine rings is 2. The van der Waals surface area contributed by atoms with Crippen molar-refractivity contribution in [1.82, 2.24) is 71.6 Å². The summed E-state index contributed by atoms with van der Waals surface area (Å²) in [6, 6.07) is 27.6. The molecule has 4 amide bonds. The number of carbonyl (C=O) groups is 5. The van der Waals surface area contributed by atoms with Crippen LogP contribution in [0.1, 0.15) is 136 Å². The summed E-state index contributed by atoms with van der Waals surface area (Å²) >= 11 is 13.1. The molecule has 4 aliphatic rings. The number of amides is 4. The van der Waals surface area contributed by atoms with E-state index < -0.39 is 0 Å². The number of benzene rings is 4. The maximum Gasteiger partial charge on any atom is 0.220 e. The van der Waals surface area contributed by atoms with E-state index in [2.05, 4.69) is 108 Å². The van der Waals surface area contributed by atoms with Crippen LogP contribution in [0.5, 0.6) is 0 Å². The van der Waals surface area contributed by atoms with E-state index in [9.17, 15) is 24.0 Å². The fourth-order valence-corrected chi connectivity index (χ4v) is 13.4. The van der Waals surface area contributed by atoms with Gasteiger partial charge in [0.15, 0.2) is 11.3 Å². The van der Waals surface area contributed by atoms with Gasteiger partial charge in [0, 0.05) is 212 Å². The summed E-state index contributed by atoms with van der Waals surface area (Å²) in [4.78, 5) is 74.9. The van der Waals surface area contributed by atoms with E-state index in [0.717, 1.165) is 206 Å². The number of anilines is 2. The normalized spacial score (nSPS) is 15.0. The fourth-order valence-electron chi connectivity index (χ4n) is 12.9. The predicted molar refractivity (Wildman–Crippen MR) is 406 cm³/mol. The molecular weight excluding hydrogens is 1330 g/mol. The maximum atomic E-state index is 13.0. The molecule has 4 aromatic heterocycles. The lowest BCUT2D eigenvalue weighted by molar-refractivity contribution is -0.126. The highest BCUT2D eigenvalue weighted by atomic mass is 35.5. The van der Waals surface area contributed by atoms with Gasteiger partial charge in [0.1, 0.15) is 6.29 Å². The first-order chi connectivity index (χ1) is 49.3. The Bertz CT molecular complexity index is 4070. The van der Waals surface area contributed by atoms with Crippen molar-refractivity contribution in [3.63, 3.8) is 0 Å². The Kier molecular flexibility index (Phi) is 30.4. The molecule has 0 bridgehead atoms. The summed E-state index contributed by atoms with van der Waals surface area (Å²) in [5.74, 6) is -0.799. The van der Waals surface area contributed by atoms with Crippen molar-refractivity contribution < 1.29 is 33.4 Å². The molecular formula is C77H102Cl2N16O7. The summed E-state index contributed by atoms with van der Waals surface area (Å²) in [6.45, 7) is 23.3. The van der Waals surface area contributed by atoms with Crippen molar-refractivity contribution in [3.05, 3.63) is 152 Å². The average Bonchev–Trinajstić information content (AvgIpc) is 1.54. The van der Waals surface area contributed by atoms with Gasteiger partial charge in [-0.05, 0) is 117 Å². The quantitative estimate of drug-likeness (QED) is 0.0217. The number of aryl methyl sites for hydroxylation is 4. The summed E-state index contributed by atoms with van der Waals surface area (Å²) < 4.78 is 14.9. The van der Waals surface area contributed by atoms with Crippen molar-refractivity contribution in [3.8, 4) is 22.3 Å². The van der Waals surface area contributed by atoms with Crippen LogP contribution in [0.2, 0.25) is 10.0 Å². The molecule has 4 aliphatic heterocycles. The third-order valence-electron chi connectivity index (χ3n) is 18.6. The zero-order valence-electron chi connectivity index (χ0n) is 58.7. The zero-order chi connectivity index (χ0) is 70.9. The molecule has 0 spiro atoms. The van der Waals surface area contributed by atoms with Gasteiger partial charge in [-0.1, -0.05) is 93.0 Å². The monoisotopic (exact) mass is 1430 g/mol. The molecule has 0 saturated carbocycles. The fraction of sp³-hybridized carbons (Fsp3) is 0.468.